The summed E-state index contributed by atoms with van der Waals surface area (Å²) in [7, 11) is 0. The second-order valence-electron chi connectivity index (χ2n) is 6.55. The third-order valence-corrected chi connectivity index (χ3v) is 4.42. The minimum Gasteiger partial charge on any atom is -0.352 e. The minimum atomic E-state index is -0.0452. The summed E-state index contributed by atoms with van der Waals surface area (Å²) in [5, 5.41) is 5.87. The predicted molar refractivity (Wildman–Crippen MR) is 108 cm³/mol. The maximum atomic E-state index is 12.1. The maximum absolute atomic E-state index is 12.1. The van der Waals surface area contributed by atoms with Gasteiger partial charge in [0.05, 0.1) is 0 Å². The second-order valence-corrected chi connectivity index (χ2v) is 6.55. The highest BCUT2D eigenvalue weighted by Gasteiger charge is 2.17. The van der Waals surface area contributed by atoms with E-state index >= 15 is 0 Å². The average Bonchev–Trinajstić information content (AvgIpc) is 3.15. The molecule has 1 aliphatic rings. The fourth-order valence-corrected chi connectivity index (χ4v) is 2.95. The van der Waals surface area contributed by atoms with Crippen molar-refractivity contribution < 1.29 is 9.59 Å². The fourth-order valence-electron chi connectivity index (χ4n) is 2.95. The summed E-state index contributed by atoms with van der Waals surface area (Å²) < 4.78 is 0. The highest BCUT2D eigenvalue weighted by molar-refractivity contribution is 5.89. The molecule has 2 rings (SSSR count). The zero-order chi connectivity index (χ0) is 17.9. The van der Waals surface area contributed by atoms with Crippen molar-refractivity contribution >= 4 is 30.0 Å². The van der Waals surface area contributed by atoms with Gasteiger partial charge in [-0.05, 0) is 49.9 Å². The molecule has 0 spiro atoms. The number of likely N-dealkylation sites (tertiary alicyclic amines) is 1. The Morgan fingerprint density at radius 1 is 1.08 bits per heavy atom. The van der Waals surface area contributed by atoms with Crippen LogP contribution in [0.4, 0.5) is 10.5 Å². The van der Waals surface area contributed by atoms with Gasteiger partial charge in [-0.25, -0.2) is 4.79 Å². The Labute approximate surface area is 162 Å². The van der Waals surface area contributed by atoms with Crippen LogP contribution in [0.2, 0.25) is 0 Å². The lowest BCUT2D eigenvalue weighted by atomic mass is 10.1. The molecule has 1 fully saturated rings. The molecule has 3 amide bonds. The van der Waals surface area contributed by atoms with Gasteiger partial charge in [0.2, 0.25) is 5.91 Å². The molecule has 1 aromatic rings. The van der Waals surface area contributed by atoms with Crippen LogP contribution in [0, 0.1) is 0 Å². The van der Waals surface area contributed by atoms with Crippen LogP contribution in [0.25, 0.3) is 0 Å². The lowest BCUT2D eigenvalue weighted by Crippen LogP contribution is -2.32. The van der Waals surface area contributed by atoms with Crippen molar-refractivity contribution in [1.29, 1.82) is 0 Å². The first kappa shape index (κ1) is 22.3. The minimum absolute atomic E-state index is 0. The van der Waals surface area contributed by atoms with Crippen molar-refractivity contribution in [2.45, 2.75) is 51.5 Å². The summed E-state index contributed by atoms with van der Waals surface area (Å²) in [4.78, 5) is 25.8. The number of halogens is 1. The number of nitrogens with one attached hydrogen (secondary N) is 2. The number of rotatable bonds is 9. The average molecular weight is 383 g/mol. The number of benzene rings is 1. The van der Waals surface area contributed by atoms with Gasteiger partial charge in [-0.1, -0.05) is 25.0 Å². The maximum Gasteiger partial charge on any atom is 0.321 e. The highest BCUT2D eigenvalue weighted by atomic mass is 35.5. The molecule has 1 heterocycles. The van der Waals surface area contributed by atoms with E-state index in [-0.39, 0.29) is 24.3 Å². The molecular weight excluding hydrogens is 352 g/mol. The summed E-state index contributed by atoms with van der Waals surface area (Å²) in [6, 6.07) is 7.59. The Kier molecular flexibility index (Phi) is 10.7. The lowest BCUT2D eigenvalue weighted by molar-refractivity contribution is -0.121. The van der Waals surface area contributed by atoms with Crippen molar-refractivity contribution in [2.24, 2.45) is 5.73 Å². The summed E-state index contributed by atoms with van der Waals surface area (Å²) in [5.74, 6) is 0.0688. The number of urea groups is 1. The van der Waals surface area contributed by atoms with E-state index in [0.29, 0.717) is 13.0 Å². The van der Waals surface area contributed by atoms with E-state index in [1.807, 2.05) is 29.2 Å². The first-order valence-electron chi connectivity index (χ1n) is 9.30. The van der Waals surface area contributed by atoms with E-state index in [1.165, 1.54) is 0 Å². The van der Waals surface area contributed by atoms with Gasteiger partial charge < -0.3 is 21.3 Å². The van der Waals surface area contributed by atoms with Gasteiger partial charge in [-0.2, -0.15) is 0 Å². The van der Waals surface area contributed by atoms with Crippen molar-refractivity contribution in [2.75, 3.05) is 25.0 Å². The van der Waals surface area contributed by atoms with E-state index in [0.717, 1.165) is 69.4 Å². The van der Waals surface area contributed by atoms with Crippen LogP contribution in [0.1, 0.15) is 50.5 Å². The van der Waals surface area contributed by atoms with Gasteiger partial charge in [0.15, 0.2) is 0 Å². The van der Waals surface area contributed by atoms with Crippen LogP contribution >= 0.6 is 12.4 Å². The van der Waals surface area contributed by atoms with Gasteiger partial charge in [0, 0.05) is 31.7 Å². The Hall–Kier alpha value is -1.79. The molecule has 1 saturated heterocycles. The van der Waals surface area contributed by atoms with E-state index < -0.39 is 0 Å². The molecule has 0 bridgehead atoms. The third-order valence-electron chi connectivity index (χ3n) is 4.42. The van der Waals surface area contributed by atoms with Gasteiger partial charge >= 0.3 is 6.03 Å². The molecule has 0 saturated carbocycles. The SMILES string of the molecule is Cl.NCCCCCCC(=O)NCc1cccc(NC(=O)N2CCCC2)c1. The Morgan fingerprint density at radius 3 is 2.54 bits per heavy atom. The topological polar surface area (TPSA) is 87.5 Å². The molecule has 0 radical (unpaired) electrons. The van der Waals surface area contributed by atoms with E-state index in [2.05, 4.69) is 10.6 Å². The van der Waals surface area contributed by atoms with Gasteiger partial charge in [0.1, 0.15) is 0 Å². The van der Waals surface area contributed by atoms with Crippen molar-refractivity contribution in [3.05, 3.63) is 29.8 Å². The number of carbonyl (C=O) groups is 2. The predicted octanol–water partition coefficient (Wildman–Crippen LogP) is 3.26. The molecule has 1 aliphatic heterocycles. The molecular formula is C19H31ClN4O2. The van der Waals surface area contributed by atoms with Crippen LogP contribution in [-0.2, 0) is 11.3 Å². The van der Waals surface area contributed by atoms with Gasteiger partial charge in [-0.3, -0.25) is 4.79 Å². The number of nitrogens with zero attached hydrogens (tertiary/aromatic N) is 1. The Bertz CT molecular complexity index is 562. The van der Waals surface area contributed by atoms with Gasteiger partial charge in [0.25, 0.3) is 0 Å². The van der Waals surface area contributed by atoms with Crippen LogP contribution in [0.5, 0.6) is 0 Å². The van der Waals surface area contributed by atoms with E-state index in [1.54, 1.807) is 0 Å². The molecule has 0 aliphatic carbocycles. The van der Waals surface area contributed by atoms with Crippen LogP contribution < -0.4 is 16.4 Å². The number of unbranched alkanes of at least 4 members (excludes halogenated alkanes) is 3. The smallest absolute Gasteiger partial charge is 0.321 e. The Balaban J connectivity index is 0.00000338. The van der Waals surface area contributed by atoms with Gasteiger partial charge in [-0.15, -0.1) is 12.4 Å². The van der Waals surface area contributed by atoms with Crippen molar-refractivity contribution in [1.82, 2.24) is 10.2 Å². The largest absolute Gasteiger partial charge is 0.352 e. The Morgan fingerprint density at radius 2 is 1.81 bits per heavy atom. The molecule has 7 heteroatoms. The molecule has 1 aromatic carbocycles. The summed E-state index contributed by atoms with van der Waals surface area (Å²) in [6.07, 6.45) is 6.76. The van der Waals surface area contributed by atoms with Crippen LogP contribution in [-0.4, -0.2) is 36.5 Å². The van der Waals surface area contributed by atoms with Crippen LogP contribution in [0.3, 0.4) is 0 Å². The number of carbonyl (C=O) groups excluding carboxylic acids is 2. The standard InChI is InChI=1S/C19H30N4O2.ClH/c20-11-4-2-1-3-10-18(24)21-15-16-8-7-9-17(14-16)22-19(25)23-12-5-6-13-23;/h7-9,14H,1-6,10-13,15,20H2,(H,21,24)(H,22,25);1H. The molecule has 26 heavy (non-hydrogen) atoms. The number of anilines is 1. The molecule has 0 atom stereocenters. The molecule has 0 unspecified atom stereocenters. The number of hydrogen-bond acceptors (Lipinski definition) is 3. The number of hydrogen-bond donors (Lipinski definition) is 3. The number of nitrogens with two attached hydrogens (primary N) is 1. The first-order chi connectivity index (χ1) is 12.2. The number of amides is 3. The normalized spacial score (nSPS) is 13.2. The summed E-state index contributed by atoms with van der Waals surface area (Å²) in [6.45, 7) is 2.85. The summed E-state index contributed by atoms with van der Waals surface area (Å²) >= 11 is 0. The molecule has 0 aromatic heterocycles. The molecule has 6 nitrogen and oxygen atoms in total. The monoisotopic (exact) mass is 382 g/mol. The highest BCUT2D eigenvalue weighted by Crippen LogP contribution is 2.14. The third kappa shape index (κ3) is 8.06. The molecule has 146 valence electrons. The van der Waals surface area contributed by atoms with Crippen molar-refractivity contribution in [3.63, 3.8) is 0 Å². The lowest BCUT2D eigenvalue weighted by Gasteiger charge is -2.16. The second kappa shape index (κ2) is 12.5. The zero-order valence-electron chi connectivity index (χ0n) is 15.3. The van der Waals surface area contributed by atoms with Crippen molar-refractivity contribution in [3.8, 4) is 0 Å². The first-order valence-corrected chi connectivity index (χ1v) is 9.30. The van der Waals surface area contributed by atoms with E-state index in [4.69, 9.17) is 5.73 Å². The fraction of sp³-hybridized carbons (Fsp3) is 0.579. The molecule has 4 N–H and O–H groups in total. The van der Waals surface area contributed by atoms with E-state index in [9.17, 15) is 9.59 Å². The zero-order valence-corrected chi connectivity index (χ0v) is 16.2. The van der Waals surface area contributed by atoms with Crippen LogP contribution in [0.15, 0.2) is 24.3 Å². The quantitative estimate of drug-likeness (QED) is 0.573. The summed E-state index contributed by atoms with van der Waals surface area (Å²) in [5.41, 5.74) is 7.20.